The molecule has 0 spiro atoms. The SMILES string of the molecule is CCc1ccc2[nH]c(=O)c(CN(CC3CCCO3)C(=S)Nc3ccc(C)cc3)cc2c1. The Kier molecular flexibility index (Phi) is 6.68. The fraction of sp³-hybridized carbons (Fsp3) is 0.360. The molecule has 1 aliphatic rings. The molecule has 4 rings (SSSR count). The zero-order valence-corrected chi connectivity index (χ0v) is 18.9. The molecule has 1 unspecified atom stereocenters. The van der Waals surface area contributed by atoms with Crippen LogP contribution >= 0.6 is 12.2 Å². The number of pyridine rings is 1. The predicted octanol–water partition coefficient (Wildman–Crippen LogP) is 4.78. The fourth-order valence-corrected chi connectivity index (χ4v) is 4.19. The quantitative estimate of drug-likeness (QED) is 0.546. The van der Waals surface area contributed by atoms with Gasteiger partial charge in [0.1, 0.15) is 0 Å². The summed E-state index contributed by atoms with van der Waals surface area (Å²) in [6, 6.07) is 16.3. The Morgan fingerprint density at radius 2 is 2.03 bits per heavy atom. The van der Waals surface area contributed by atoms with Gasteiger partial charge in [-0.25, -0.2) is 0 Å². The third-order valence-corrected chi connectivity index (χ3v) is 6.15. The lowest BCUT2D eigenvalue weighted by Crippen LogP contribution is -2.40. The molecule has 2 aromatic carbocycles. The summed E-state index contributed by atoms with van der Waals surface area (Å²) in [5.41, 5.74) is 4.86. The van der Waals surface area contributed by atoms with Gasteiger partial charge in [0.2, 0.25) is 0 Å². The molecule has 1 saturated heterocycles. The van der Waals surface area contributed by atoms with Crippen molar-refractivity contribution in [3.8, 4) is 0 Å². The predicted molar refractivity (Wildman–Crippen MR) is 131 cm³/mol. The highest BCUT2D eigenvalue weighted by atomic mass is 32.1. The summed E-state index contributed by atoms with van der Waals surface area (Å²) < 4.78 is 5.85. The van der Waals surface area contributed by atoms with Gasteiger partial charge in [-0.1, -0.05) is 30.7 Å². The molecule has 0 amide bonds. The van der Waals surface area contributed by atoms with Crippen LogP contribution in [0.3, 0.4) is 0 Å². The molecule has 162 valence electrons. The molecule has 3 aromatic rings. The highest BCUT2D eigenvalue weighted by Gasteiger charge is 2.22. The molecule has 1 aliphatic heterocycles. The number of aryl methyl sites for hydroxylation is 2. The number of rotatable bonds is 6. The monoisotopic (exact) mass is 435 g/mol. The van der Waals surface area contributed by atoms with E-state index < -0.39 is 0 Å². The van der Waals surface area contributed by atoms with Crippen LogP contribution in [-0.4, -0.2) is 34.3 Å². The standard InChI is InChI=1S/C25H29N3O2S/c1-3-18-8-11-23-19(13-18)14-20(24(29)27-23)15-28(16-22-5-4-12-30-22)25(31)26-21-9-6-17(2)7-10-21/h6-11,13-14,22H,3-5,12,15-16H2,1-2H3,(H,26,31)(H,27,29). The fourth-order valence-electron chi connectivity index (χ4n) is 3.94. The number of hydrogen-bond donors (Lipinski definition) is 2. The van der Waals surface area contributed by atoms with Gasteiger partial charge in [-0.2, -0.15) is 0 Å². The first-order chi connectivity index (χ1) is 15.0. The minimum Gasteiger partial charge on any atom is -0.376 e. The van der Waals surface area contributed by atoms with Gasteiger partial charge in [0, 0.05) is 29.9 Å². The summed E-state index contributed by atoms with van der Waals surface area (Å²) in [5, 5.41) is 4.97. The van der Waals surface area contributed by atoms with E-state index >= 15 is 0 Å². The van der Waals surface area contributed by atoms with Crippen LogP contribution < -0.4 is 10.9 Å². The first-order valence-electron chi connectivity index (χ1n) is 10.9. The zero-order chi connectivity index (χ0) is 21.8. The lowest BCUT2D eigenvalue weighted by Gasteiger charge is -2.28. The van der Waals surface area contributed by atoms with Crippen molar-refractivity contribution in [3.63, 3.8) is 0 Å². The van der Waals surface area contributed by atoms with E-state index in [-0.39, 0.29) is 11.7 Å². The third-order valence-electron chi connectivity index (χ3n) is 5.79. The van der Waals surface area contributed by atoms with Crippen LogP contribution in [0.2, 0.25) is 0 Å². The normalized spacial score (nSPS) is 15.9. The van der Waals surface area contributed by atoms with E-state index in [1.807, 2.05) is 29.2 Å². The number of nitrogens with one attached hydrogen (secondary N) is 2. The van der Waals surface area contributed by atoms with Gasteiger partial charge in [-0.3, -0.25) is 4.79 Å². The molecule has 0 saturated carbocycles. The zero-order valence-electron chi connectivity index (χ0n) is 18.1. The van der Waals surface area contributed by atoms with Crippen LogP contribution in [-0.2, 0) is 17.7 Å². The van der Waals surface area contributed by atoms with E-state index in [9.17, 15) is 4.79 Å². The van der Waals surface area contributed by atoms with Crippen molar-refractivity contribution in [2.24, 2.45) is 0 Å². The molecular formula is C25H29N3O2S. The van der Waals surface area contributed by atoms with Gasteiger partial charge in [-0.05, 0) is 79.7 Å². The summed E-state index contributed by atoms with van der Waals surface area (Å²) >= 11 is 5.75. The number of thiocarbonyl (C=S) groups is 1. The van der Waals surface area contributed by atoms with E-state index in [1.54, 1.807) is 0 Å². The number of aromatic amines is 1. The largest absolute Gasteiger partial charge is 0.376 e. The van der Waals surface area contributed by atoms with Gasteiger partial charge >= 0.3 is 0 Å². The van der Waals surface area contributed by atoms with Crippen LogP contribution in [0.15, 0.2) is 53.3 Å². The minimum atomic E-state index is -0.0766. The Bertz CT molecular complexity index is 1120. The lowest BCUT2D eigenvalue weighted by molar-refractivity contribution is 0.0904. The summed E-state index contributed by atoms with van der Waals surface area (Å²) in [5.74, 6) is 0. The van der Waals surface area contributed by atoms with Crippen LogP contribution in [0.4, 0.5) is 5.69 Å². The molecule has 1 fully saturated rings. The van der Waals surface area contributed by atoms with Crippen molar-refractivity contribution in [2.75, 3.05) is 18.5 Å². The lowest BCUT2D eigenvalue weighted by atomic mass is 10.1. The number of anilines is 1. The molecule has 1 atom stereocenters. The molecule has 2 heterocycles. The molecule has 6 heteroatoms. The van der Waals surface area contributed by atoms with Crippen LogP contribution in [0.25, 0.3) is 10.9 Å². The van der Waals surface area contributed by atoms with Crippen molar-refractivity contribution in [1.82, 2.24) is 9.88 Å². The average molecular weight is 436 g/mol. The molecule has 0 bridgehead atoms. The first kappa shape index (κ1) is 21.5. The molecule has 0 aliphatic carbocycles. The highest BCUT2D eigenvalue weighted by molar-refractivity contribution is 7.80. The molecule has 5 nitrogen and oxygen atoms in total. The van der Waals surface area contributed by atoms with Gasteiger partial charge in [0.05, 0.1) is 12.6 Å². The summed E-state index contributed by atoms with van der Waals surface area (Å²) in [4.78, 5) is 17.9. The topological polar surface area (TPSA) is 57.4 Å². The second kappa shape index (κ2) is 9.62. The van der Waals surface area contributed by atoms with E-state index in [4.69, 9.17) is 17.0 Å². The number of fused-ring (bicyclic) bond motifs is 1. The number of benzene rings is 2. The number of H-pyrrole nitrogens is 1. The van der Waals surface area contributed by atoms with E-state index in [1.165, 1.54) is 11.1 Å². The van der Waals surface area contributed by atoms with E-state index in [2.05, 4.69) is 48.4 Å². The van der Waals surface area contributed by atoms with Gasteiger partial charge < -0.3 is 19.9 Å². The Labute approximate surface area is 188 Å². The van der Waals surface area contributed by atoms with E-state index in [0.29, 0.717) is 23.8 Å². The Balaban J connectivity index is 1.60. The Hall–Kier alpha value is -2.70. The van der Waals surface area contributed by atoms with Crippen LogP contribution in [0.1, 0.15) is 36.5 Å². The van der Waals surface area contributed by atoms with Gasteiger partial charge in [-0.15, -0.1) is 0 Å². The molecule has 31 heavy (non-hydrogen) atoms. The third kappa shape index (κ3) is 5.32. The smallest absolute Gasteiger partial charge is 0.253 e. The second-order valence-corrected chi connectivity index (χ2v) is 8.60. The highest BCUT2D eigenvalue weighted by Crippen LogP contribution is 2.19. The Morgan fingerprint density at radius 3 is 2.74 bits per heavy atom. The second-order valence-electron chi connectivity index (χ2n) is 8.21. The van der Waals surface area contributed by atoms with Crippen molar-refractivity contribution >= 4 is 33.9 Å². The van der Waals surface area contributed by atoms with Crippen molar-refractivity contribution in [1.29, 1.82) is 0 Å². The molecular weight excluding hydrogens is 406 g/mol. The maximum atomic E-state index is 12.8. The van der Waals surface area contributed by atoms with Gasteiger partial charge in [0.15, 0.2) is 5.11 Å². The molecule has 2 N–H and O–H groups in total. The summed E-state index contributed by atoms with van der Waals surface area (Å²) in [6.45, 7) is 6.06. The average Bonchev–Trinajstić information content (AvgIpc) is 3.28. The molecule has 0 radical (unpaired) electrons. The maximum Gasteiger partial charge on any atom is 0.253 e. The maximum absolute atomic E-state index is 12.8. The number of nitrogens with zero attached hydrogens (tertiary/aromatic N) is 1. The van der Waals surface area contributed by atoms with Crippen molar-refractivity contribution in [2.45, 2.75) is 45.8 Å². The first-order valence-corrected chi connectivity index (χ1v) is 11.3. The number of hydrogen-bond acceptors (Lipinski definition) is 3. The van der Waals surface area contributed by atoms with Crippen molar-refractivity contribution < 1.29 is 4.74 Å². The van der Waals surface area contributed by atoms with Crippen LogP contribution in [0.5, 0.6) is 0 Å². The Morgan fingerprint density at radius 1 is 1.23 bits per heavy atom. The number of aromatic nitrogens is 1. The summed E-state index contributed by atoms with van der Waals surface area (Å²) in [7, 11) is 0. The van der Waals surface area contributed by atoms with Gasteiger partial charge in [0.25, 0.3) is 5.56 Å². The number of ether oxygens (including phenoxy) is 1. The molecule has 1 aromatic heterocycles. The summed E-state index contributed by atoms with van der Waals surface area (Å²) in [6.07, 6.45) is 3.16. The van der Waals surface area contributed by atoms with Crippen molar-refractivity contribution in [3.05, 3.63) is 75.6 Å². The van der Waals surface area contributed by atoms with Crippen LogP contribution in [0, 0.1) is 6.92 Å². The van der Waals surface area contributed by atoms with E-state index in [0.717, 1.165) is 42.5 Å². The minimum absolute atomic E-state index is 0.0766.